The number of anilines is 1. The fourth-order valence-corrected chi connectivity index (χ4v) is 1.95. The summed E-state index contributed by atoms with van der Waals surface area (Å²) in [6, 6.07) is 6.43. The number of carbonyl (C=O) groups excluding carboxylic acids is 1. The lowest BCUT2D eigenvalue weighted by Gasteiger charge is -2.28. The molecular weight excluding hydrogens is 200 g/mol. The van der Waals surface area contributed by atoms with Gasteiger partial charge in [0.15, 0.2) is 0 Å². The number of benzene rings is 1. The van der Waals surface area contributed by atoms with E-state index in [1.807, 2.05) is 25.1 Å². The van der Waals surface area contributed by atoms with Crippen molar-refractivity contribution in [3.8, 4) is 0 Å². The predicted molar refractivity (Wildman–Crippen MR) is 65.8 cm³/mol. The smallest absolute Gasteiger partial charge is 0.251 e. The second-order valence-corrected chi connectivity index (χ2v) is 4.33. The van der Waals surface area contributed by atoms with Gasteiger partial charge in [0.2, 0.25) is 0 Å². The van der Waals surface area contributed by atoms with E-state index in [1.54, 1.807) is 7.05 Å². The Kier molecular flexibility index (Phi) is 3.13. The number of nitrogens with one attached hydrogen (secondary N) is 2. The molecule has 1 aromatic rings. The van der Waals surface area contributed by atoms with Gasteiger partial charge in [0.25, 0.3) is 5.91 Å². The first-order valence-electron chi connectivity index (χ1n) is 5.80. The molecule has 0 spiro atoms. The maximum absolute atomic E-state index is 11.6. The lowest BCUT2D eigenvalue weighted by atomic mass is 9.92. The molecule has 0 aromatic heterocycles. The molecule has 1 aliphatic carbocycles. The molecule has 1 saturated carbocycles. The van der Waals surface area contributed by atoms with Crippen LogP contribution in [0.5, 0.6) is 0 Å². The van der Waals surface area contributed by atoms with Gasteiger partial charge >= 0.3 is 0 Å². The molecular formula is C13H18N2O. The average Bonchev–Trinajstić information content (AvgIpc) is 2.24. The molecule has 3 nitrogen and oxygen atoms in total. The van der Waals surface area contributed by atoms with E-state index >= 15 is 0 Å². The molecule has 0 radical (unpaired) electrons. The minimum Gasteiger partial charge on any atom is -0.382 e. The summed E-state index contributed by atoms with van der Waals surface area (Å²) in [5, 5.41) is 6.15. The van der Waals surface area contributed by atoms with Crippen LogP contribution in [0.4, 0.5) is 5.69 Å². The Morgan fingerprint density at radius 1 is 1.38 bits per heavy atom. The highest BCUT2D eigenvalue weighted by Crippen LogP contribution is 2.26. The summed E-state index contributed by atoms with van der Waals surface area (Å²) in [5.74, 6) is -0.0187. The number of carbonyl (C=O) groups is 1. The van der Waals surface area contributed by atoms with Crippen molar-refractivity contribution in [3.63, 3.8) is 0 Å². The van der Waals surface area contributed by atoms with Gasteiger partial charge < -0.3 is 10.6 Å². The van der Waals surface area contributed by atoms with Crippen molar-refractivity contribution in [2.45, 2.75) is 32.2 Å². The van der Waals surface area contributed by atoms with Crippen molar-refractivity contribution >= 4 is 11.6 Å². The van der Waals surface area contributed by atoms with Crippen LogP contribution in [0.15, 0.2) is 18.2 Å². The van der Waals surface area contributed by atoms with E-state index in [1.165, 1.54) is 19.3 Å². The highest BCUT2D eigenvalue weighted by molar-refractivity contribution is 5.96. The molecule has 0 bridgehead atoms. The van der Waals surface area contributed by atoms with Gasteiger partial charge in [-0.15, -0.1) is 0 Å². The van der Waals surface area contributed by atoms with Gasteiger partial charge in [0, 0.05) is 24.3 Å². The Labute approximate surface area is 96.2 Å². The fourth-order valence-electron chi connectivity index (χ4n) is 1.95. The number of rotatable bonds is 3. The molecule has 2 rings (SSSR count). The van der Waals surface area contributed by atoms with Gasteiger partial charge in [-0.3, -0.25) is 4.79 Å². The third kappa shape index (κ3) is 2.03. The average molecular weight is 218 g/mol. The summed E-state index contributed by atoms with van der Waals surface area (Å²) < 4.78 is 0. The van der Waals surface area contributed by atoms with Crippen molar-refractivity contribution in [3.05, 3.63) is 29.3 Å². The molecule has 86 valence electrons. The van der Waals surface area contributed by atoms with E-state index in [9.17, 15) is 4.79 Å². The van der Waals surface area contributed by atoms with Gasteiger partial charge in [0.05, 0.1) is 0 Å². The lowest BCUT2D eigenvalue weighted by Crippen LogP contribution is -2.28. The summed E-state index contributed by atoms with van der Waals surface area (Å²) in [4.78, 5) is 11.6. The predicted octanol–water partition coefficient (Wildman–Crippen LogP) is 2.32. The molecule has 0 saturated heterocycles. The first kappa shape index (κ1) is 11.0. The maximum atomic E-state index is 11.6. The van der Waals surface area contributed by atoms with Crippen LogP contribution in [-0.2, 0) is 0 Å². The van der Waals surface area contributed by atoms with Crippen molar-refractivity contribution < 1.29 is 4.79 Å². The van der Waals surface area contributed by atoms with Crippen LogP contribution >= 0.6 is 0 Å². The van der Waals surface area contributed by atoms with Crippen LogP contribution in [0.3, 0.4) is 0 Å². The van der Waals surface area contributed by atoms with Crippen molar-refractivity contribution in [1.29, 1.82) is 0 Å². The molecule has 2 N–H and O–H groups in total. The molecule has 16 heavy (non-hydrogen) atoms. The normalized spacial score (nSPS) is 15.4. The van der Waals surface area contributed by atoms with Crippen molar-refractivity contribution in [1.82, 2.24) is 5.32 Å². The SMILES string of the molecule is CNC(=O)c1cccc(NC2CCC2)c1C. The number of hydrogen-bond acceptors (Lipinski definition) is 2. The monoisotopic (exact) mass is 218 g/mol. The molecule has 0 aliphatic heterocycles. The quantitative estimate of drug-likeness (QED) is 0.817. The van der Waals surface area contributed by atoms with Gasteiger partial charge in [-0.25, -0.2) is 0 Å². The van der Waals surface area contributed by atoms with Gasteiger partial charge in [-0.1, -0.05) is 6.07 Å². The highest BCUT2D eigenvalue weighted by atomic mass is 16.1. The Balaban J connectivity index is 2.21. The highest BCUT2D eigenvalue weighted by Gasteiger charge is 2.18. The van der Waals surface area contributed by atoms with Crippen molar-refractivity contribution in [2.24, 2.45) is 0 Å². The minimum absolute atomic E-state index is 0.0187. The van der Waals surface area contributed by atoms with E-state index in [4.69, 9.17) is 0 Å². The van der Waals surface area contributed by atoms with Crippen molar-refractivity contribution in [2.75, 3.05) is 12.4 Å². The molecule has 0 atom stereocenters. The van der Waals surface area contributed by atoms with Crippen LogP contribution in [0.2, 0.25) is 0 Å². The van der Waals surface area contributed by atoms with Crippen LogP contribution in [0.25, 0.3) is 0 Å². The number of amides is 1. The molecule has 1 aromatic carbocycles. The van der Waals surface area contributed by atoms with Crippen LogP contribution in [0, 0.1) is 6.92 Å². The topological polar surface area (TPSA) is 41.1 Å². The summed E-state index contributed by atoms with van der Waals surface area (Å²) in [6.45, 7) is 1.99. The van der Waals surface area contributed by atoms with E-state index in [0.717, 1.165) is 16.8 Å². The second kappa shape index (κ2) is 4.56. The minimum atomic E-state index is -0.0187. The summed E-state index contributed by atoms with van der Waals surface area (Å²) >= 11 is 0. The third-order valence-electron chi connectivity index (χ3n) is 3.27. The third-order valence-corrected chi connectivity index (χ3v) is 3.27. The zero-order valence-corrected chi connectivity index (χ0v) is 9.84. The fraction of sp³-hybridized carbons (Fsp3) is 0.462. The molecule has 0 heterocycles. The zero-order valence-electron chi connectivity index (χ0n) is 9.84. The first-order valence-corrected chi connectivity index (χ1v) is 5.80. The summed E-state index contributed by atoms with van der Waals surface area (Å²) in [6.07, 6.45) is 3.79. The zero-order chi connectivity index (χ0) is 11.5. The first-order chi connectivity index (χ1) is 7.72. The van der Waals surface area contributed by atoms with Gasteiger partial charge in [0.1, 0.15) is 0 Å². The molecule has 0 unspecified atom stereocenters. The summed E-state index contributed by atoms with van der Waals surface area (Å²) in [5.41, 5.74) is 2.88. The largest absolute Gasteiger partial charge is 0.382 e. The van der Waals surface area contributed by atoms with Gasteiger partial charge in [-0.05, 0) is 43.9 Å². The maximum Gasteiger partial charge on any atom is 0.251 e. The molecule has 1 amide bonds. The molecule has 1 aliphatic rings. The molecule has 1 fully saturated rings. The lowest BCUT2D eigenvalue weighted by molar-refractivity contribution is 0.0962. The van der Waals surface area contributed by atoms with Crippen LogP contribution in [-0.4, -0.2) is 19.0 Å². The van der Waals surface area contributed by atoms with E-state index < -0.39 is 0 Å². The standard InChI is InChI=1S/C13H18N2O/c1-9-11(13(16)14-2)7-4-8-12(9)15-10-5-3-6-10/h4,7-8,10,15H,3,5-6H2,1-2H3,(H,14,16). The van der Waals surface area contributed by atoms with E-state index in [2.05, 4.69) is 10.6 Å². The second-order valence-electron chi connectivity index (χ2n) is 4.33. The Bertz CT molecular complexity index is 397. The van der Waals surface area contributed by atoms with E-state index in [-0.39, 0.29) is 5.91 Å². The van der Waals surface area contributed by atoms with E-state index in [0.29, 0.717) is 6.04 Å². The van der Waals surface area contributed by atoms with Crippen LogP contribution < -0.4 is 10.6 Å². The number of hydrogen-bond donors (Lipinski definition) is 2. The Hall–Kier alpha value is -1.51. The molecule has 3 heteroatoms. The van der Waals surface area contributed by atoms with Gasteiger partial charge in [-0.2, -0.15) is 0 Å². The van der Waals surface area contributed by atoms with Crippen LogP contribution in [0.1, 0.15) is 35.2 Å². The Morgan fingerprint density at radius 2 is 2.12 bits per heavy atom. The Morgan fingerprint density at radius 3 is 2.69 bits per heavy atom. The summed E-state index contributed by atoms with van der Waals surface area (Å²) in [7, 11) is 1.66.